The molecule has 5 nitrogen and oxygen atoms in total. The van der Waals surface area contributed by atoms with E-state index in [9.17, 15) is 4.79 Å². The molecule has 0 fully saturated rings. The number of para-hydroxylation sites is 1. The number of nitrogens with one attached hydrogen (secondary N) is 1. The van der Waals surface area contributed by atoms with E-state index < -0.39 is 0 Å². The number of fused-ring (bicyclic) bond motifs is 1. The average molecular weight is 536 g/mol. The highest BCUT2D eigenvalue weighted by Crippen LogP contribution is 2.26. The fourth-order valence-electron chi connectivity index (χ4n) is 3.25. The van der Waals surface area contributed by atoms with Crippen molar-refractivity contribution in [3.8, 4) is 11.5 Å². The molecule has 0 saturated carbocycles. The molecule has 32 heavy (non-hydrogen) atoms. The van der Waals surface area contributed by atoms with Gasteiger partial charge in [-0.1, -0.05) is 48.5 Å². The molecular formula is C26H21IN2O3. The van der Waals surface area contributed by atoms with E-state index >= 15 is 0 Å². The Balaban J connectivity index is 1.47. The lowest BCUT2D eigenvalue weighted by atomic mass is 10.1. The number of hydrogen-bond acceptors (Lipinski definition) is 4. The van der Waals surface area contributed by atoms with Crippen molar-refractivity contribution in [3.63, 3.8) is 0 Å². The molecule has 4 rings (SSSR count). The van der Waals surface area contributed by atoms with Crippen molar-refractivity contribution >= 4 is 45.5 Å². The summed E-state index contributed by atoms with van der Waals surface area (Å²) in [7, 11) is 1.55. The van der Waals surface area contributed by atoms with Crippen molar-refractivity contribution in [2.24, 2.45) is 5.10 Å². The number of carbonyl (C=O) groups excluding carboxylic acids is 1. The van der Waals surface area contributed by atoms with Gasteiger partial charge in [-0.2, -0.15) is 5.10 Å². The summed E-state index contributed by atoms with van der Waals surface area (Å²) in [4.78, 5) is 12.7. The van der Waals surface area contributed by atoms with Gasteiger partial charge in [-0.25, -0.2) is 5.43 Å². The first kappa shape index (κ1) is 21.8. The summed E-state index contributed by atoms with van der Waals surface area (Å²) in [5.74, 6) is 0.839. The highest BCUT2D eigenvalue weighted by molar-refractivity contribution is 14.1. The molecule has 0 aliphatic rings. The van der Waals surface area contributed by atoms with E-state index in [1.165, 1.54) is 3.57 Å². The second-order valence-electron chi connectivity index (χ2n) is 7.05. The van der Waals surface area contributed by atoms with Gasteiger partial charge in [-0.15, -0.1) is 0 Å². The van der Waals surface area contributed by atoms with Crippen LogP contribution in [0.2, 0.25) is 0 Å². The summed E-state index contributed by atoms with van der Waals surface area (Å²) in [5, 5.41) is 6.10. The average Bonchev–Trinajstić information content (AvgIpc) is 2.83. The number of hydrogen-bond donors (Lipinski definition) is 1. The minimum absolute atomic E-state index is 0.346. The highest BCUT2D eigenvalue weighted by atomic mass is 127. The number of rotatable bonds is 7. The molecule has 0 saturated heterocycles. The van der Waals surface area contributed by atoms with E-state index in [1.54, 1.807) is 19.4 Å². The van der Waals surface area contributed by atoms with Crippen LogP contribution in [0.1, 0.15) is 21.5 Å². The third kappa shape index (κ3) is 5.26. The minimum atomic E-state index is -0.346. The van der Waals surface area contributed by atoms with Gasteiger partial charge in [-0.05, 0) is 75.3 Å². The van der Waals surface area contributed by atoms with Crippen molar-refractivity contribution < 1.29 is 14.3 Å². The topological polar surface area (TPSA) is 59.9 Å². The monoisotopic (exact) mass is 536 g/mol. The van der Waals surface area contributed by atoms with Crippen molar-refractivity contribution in [1.82, 2.24) is 5.43 Å². The summed E-state index contributed by atoms with van der Waals surface area (Å²) in [6.07, 6.45) is 1.58. The lowest BCUT2D eigenvalue weighted by Gasteiger charge is -2.10. The van der Waals surface area contributed by atoms with Crippen LogP contribution in [0.15, 0.2) is 90.0 Å². The molecule has 160 valence electrons. The molecule has 0 bridgehead atoms. The molecular weight excluding hydrogens is 515 g/mol. The number of nitrogens with zero attached hydrogens (tertiary/aromatic N) is 1. The van der Waals surface area contributed by atoms with Crippen molar-refractivity contribution in [3.05, 3.63) is 105 Å². The van der Waals surface area contributed by atoms with Crippen molar-refractivity contribution in [2.75, 3.05) is 7.11 Å². The number of carbonyl (C=O) groups is 1. The Hall–Kier alpha value is -3.39. The Kier molecular flexibility index (Phi) is 7.01. The van der Waals surface area contributed by atoms with Crippen molar-refractivity contribution in [2.45, 2.75) is 6.61 Å². The van der Waals surface area contributed by atoms with E-state index in [-0.39, 0.29) is 5.91 Å². The first-order chi connectivity index (χ1) is 15.6. The molecule has 0 aromatic heterocycles. The molecule has 0 spiro atoms. The van der Waals surface area contributed by atoms with Crippen LogP contribution in [-0.4, -0.2) is 19.2 Å². The number of hydrazone groups is 1. The van der Waals surface area contributed by atoms with Gasteiger partial charge in [-0.3, -0.25) is 4.79 Å². The summed E-state index contributed by atoms with van der Waals surface area (Å²) in [6.45, 7) is 0.447. The van der Waals surface area contributed by atoms with Gasteiger partial charge in [0.1, 0.15) is 18.1 Å². The molecule has 0 heterocycles. The predicted octanol–water partition coefficient (Wildman–Crippen LogP) is 5.80. The summed E-state index contributed by atoms with van der Waals surface area (Å²) < 4.78 is 12.5. The van der Waals surface area contributed by atoms with Crippen LogP contribution in [-0.2, 0) is 6.61 Å². The molecule has 1 amide bonds. The maximum atomic E-state index is 12.7. The van der Waals surface area contributed by atoms with Gasteiger partial charge in [0, 0.05) is 9.13 Å². The number of ether oxygens (including phenoxy) is 2. The van der Waals surface area contributed by atoms with E-state index in [1.807, 2.05) is 78.9 Å². The maximum Gasteiger partial charge on any atom is 0.275 e. The van der Waals surface area contributed by atoms with E-state index in [2.05, 4.69) is 33.1 Å². The Morgan fingerprint density at radius 3 is 2.38 bits per heavy atom. The molecule has 6 heteroatoms. The molecule has 0 aliphatic heterocycles. The van der Waals surface area contributed by atoms with E-state index in [4.69, 9.17) is 9.47 Å². The number of benzene rings is 4. The maximum absolute atomic E-state index is 12.7. The van der Waals surface area contributed by atoms with E-state index in [0.29, 0.717) is 23.7 Å². The Morgan fingerprint density at radius 2 is 1.62 bits per heavy atom. The van der Waals surface area contributed by atoms with Crippen LogP contribution >= 0.6 is 22.6 Å². The third-order valence-corrected chi connectivity index (χ3v) is 5.63. The van der Waals surface area contributed by atoms with E-state index in [0.717, 1.165) is 21.9 Å². The summed E-state index contributed by atoms with van der Waals surface area (Å²) in [5.41, 5.74) is 4.86. The Labute approximate surface area is 200 Å². The standard InChI is InChI=1S/C26H21IN2O3/c1-31-25-15-20-7-3-2-6-19(20)14-23(25)26(30)29-28-16-21-8-4-5-9-24(21)32-17-18-10-12-22(27)13-11-18/h2-16H,17H2,1H3,(H,29,30)/b28-16-. The first-order valence-corrected chi connectivity index (χ1v) is 11.1. The first-order valence-electron chi connectivity index (χ1n) is 10.0. The third-order valence-electron chi connectivity index (χ3n) is 4.91. The van der Waals surface area contributed by atoms with Gasteiger partial charge in [0.05, 0.1) is 18.9 Å². The quantitative estimate of drug-likeness (QED) is 0.185. The van der Waals surface area contributed by atoms with Crippen molar-refractivity contribution in [1.29, 1.82) is 0 Å². The van der Waals surface area contributed by atoms with Crippen LogP contribution in [0.5, 0.6) is 11.5 Å². The molecule has 0 radical (unpaired) electrons. The largest absolute Gasteiger partial charge is 0.496 e. The van der Waals surface area contributed by atoms with Gasteiger partial charge < -0.3 is 9.47 Å². The van der Waals surface area contributed by atoms with Crippen LogP contribution in [0.3, 0.4) is 0 Å². The van der Waals surface area contributed by atoms with Crippen LogP contribution in [0.4, 0.5) is 0 Å². The lowest BCUT2D eigenvalue weighted by molar-refractivity contribution is 0.0952. The van der Waals surface area contributed by atoms with Gasteiger partial charge in [0.25, 0.3) is 5.91 Å². The number of halogens is 1. The molecule has 4 aromatic rings. The minimum Gasteiger partial charge on any atom is -0.496 e. The second kappa shape index (κ2) is 10.3. The normalized spacial score (nSPS) is 10.9. The fourth-order valence-corrected chi connectivity index (χ4v) is 3.61. The van der Waals surface area contributed by atoms with Crippen LogP contribution in [0.25, 0.3) is 10.8 Å². The zero-order chi connectivity index (χ0) is 22.3. The van der Waals surface area contributed by atoms with Gasteiger partial charge >= 0.3 is 0 Å². The fraction of sp³-hybridized carbons (Fsp3) is 0.0769. The summed E-state index contributed by atoms with van der Waals surface area (Å²) in [6, 6.07) is 27.2. The lowest BCUT2D eigenvalue weighted by Crippen LogP contribution is -2.18. The van der Waals surface area contributed by atoms with Crippen LogP contribution < -0.4 is 14.9 Å². The molecule has 0 aliphatic carbocycles. The Morgan fingerprint density at radius 1 is 0.938 bits per heavy atom. The zero-order valence-electron chi connectivity index (χ0n) is 17.4. The summed E-state index contributed by atoms with van der Waals surface area (Å²) >= 11 is 2.27. The smallest absolute Gasteiger partial charge is 0.275 e. The van der Waals surface area contributed by atoms with Crippen LogP contribution in [0, 0.1) is 3.57 Å². The van der Waals surface area contributed by atoms with Gasteiger partial charge in [0.2, 0.25) is 0 Å². The molecule has 0 atom stereocenters. The number of amides is 1. The highest BCUT2D eigenvalue weighted by Gasteiger charge is 2.13. The van der Waals surface area contributed by atoms with Gasteiger partial charge in [0.15, 0.2) is 0 Å². The number of methoxy groups -OCH3 is 1. The molecule has 0 unspecified atom stereocenters. The zero-order valence-corrected chi connectivity index (χ0v) is 19.6. The molecule has 1 N–H and O–H groups in total. The predicted molar refractivity (Wildman–Crippen MR) is 135 cm³/mol. The molecule has 4 aromatic carbocycles. The Bertz CT molecular complexity index is 1270. The SMILES string of the molecule is COc1cc2ccccc2cc1C(=O)N/N=C\c1ccccc1OCc1ccc(I)cc1. The second-order valence-corrected chi connectivity index (χ2v) is 8.30.